The van der Waals surface area contributed by atoms with Crippen LogP contribution in [0.25, 0.3) is 0 Å². The van der Waals surface area contributed by atoms with Gasteiger partial charge in [0.25, 0.3) is 5.91 Å². The van der Waals surface area contributed by atoms with Gasteiger partial charge in [0.2, 0.25) is 0 Å². The van der Waals surface area contributed by atoms with Crippen molar-refractivity contribution in [1.82, 2.24) is 10.3 Å². The molecular formula is C13H18BrN3O. The first kappa shape index (κ1) is 13.3. The molecule has 0 bridgehead atoms. The van der Waals surface area contributed by atoms with E-state index in [1.54, 1.807) is 19.3 Å². The molecule has 2 rings (SSSR count). The molecule has 1 saturated carbocycles. The fourth-order valence-corrected chi connectivity index (χ4v) is 2.41. The predicted molar refractivity (Wildman–Crippen MR) is 75.8 cm³/mol. The van der Waals surface area contributed by atoms with Crippen LogP contribution in [0.15, 0.2) is 16.7 Å². The van der Waals surface area contributed by atoms with Gasteiger partial charge in [-0.2, -0.15) is 0 Å². The molecule has 1 aromatic rings. The van der Waals surface area contributed by atoms with Gasteiger partial charge in [0, 0.05) is 24.3 Å². The van der Waals surface area contributed by atoms with Gasteiger partial charge in [-0.25, -0.2) is 4.98 Å². The zero-order valence-corrected chi connectivity index (χ0v) is 12.1. The van der Waals surface area contributed by atoms with Gasteiger partial charge in [-0.05, 0) is 34.3 Å². The molecule has 1 aliphatic carbocycles. The molecule has 0 atom stereocenters. The summed E-state index contributed by atoms with van der Waals surface area (Å²) in [6, 6.07) is 1.79. The molecule has 0 aromatic carbocycles. The molecule has 1 amide bonds. The van der Waals surface area contributed by atoms with Crippen molar-refractivity contribution in [3.63, 3.8) is 0 Å². The number of halogens is 1. The molecule has 0 spiro atoms. The molecule has 98 valence electrons. The Labute approximate surface area is 116 Å². The van der Waals surface area contributed by atoms with Crippen LogP contribution in [-0.4, -0.2) is 24.5 Å². The van der Waals surface area contributed by atoms with Crippen LogP contribution in [0.3, 0.4) is 0 Å². The van der Waals surface area contributed by atoms with Crippen LogP contribution in [0.1, 0.15) is 36.0 Å². The topological polar surface area (TPSA) is 54.0 Å². The average Bonchev–Trinajstić information content (AvgIpc) is 2.32. The third kappa shape index (κ3) is 3.22. The third-order valence-corrected chi connectivity index (χ3v) is 3.83. The van der Waals surface area contributed by atoms with Gasteiger partial charge in [0.05, 0.1) is 5.56 Å². The molecule has 18 heavy (non-hydrogen) atoms. The lowest BCUT2D eigenvalue weighted by Crippen LogP contribution is -2.28. The number of hydrogen-bond donors (Lipinski definition) is 2. The molecule has 4 nitrogen and oxygen atoms in total. The summed E-state index contributed by atoms with van der Waals surface area (Å²) in [6.45, 7) is 0.749. The lowest BCUT2D eigenvalue weighted by atomic mass is 9.83. The van der Waals surface area contributed by atoms with Crippen LogP contribution in [0.4, 0.5) is 5.82 Å². The number of nitrogens with zero attached hydrogens (tertiary/aromatic N) is 1. The highest BCUT2D eigenvalue weighted by Crippen LogP contribution is 2.28. The Morgan fingerprint density at radius 3 is 2.94 bits per heavy atom. The normalized spacial score (nSPS) is 15.0. The van der Waals surface area contributed by atoms with Gasteiger partial charge in [0.15, 0.2) is 0 Å². The van der Waals surface area contributed by atoms with Crippen LogP contribution < -0.4 is 10.6 Å². The number of rotatable bonds is 5. The van der Waals surface area contributed by atoms with E-state index in [1.807, 2.05) is 0 Å². The van der Waals surface area contributed by atoms with Crippen molar-refractivity contribution in [2.45, 2.75) is 25.7 Å². The van der Waals surface area contributed by atoms with Gasteiger partial charge >= 0.3 is 0 Å². The Morgan fingerprint density at radius 2 is 2.33 bits per heavy atom. The maximum Gasteiger partial charge on any atom is 0.255 e. The molecule has 1 heterocycles. The zero-order chi connectivity index (χ0) is 13.0. The van der Waals surface area contributed by atoms with E-state index >= 15 is 0 Å². The highest BCUT2D eigenvalue weighted by atomic mass is 79.9. The molecule has 1 aromatic heterocycles. The fourth-order valence-electron chi connectivity index (χ4n) is 2.08. The van der Waals surface area contributed by atoms with E-state index in [9.17, 15) is 4.79 Å². The van der Waals surface area contributed by atoms with E-state index in [-0.39, 0.29) is 5.91 Å². The molecular weight excluding hydrogens is 294 g/mol. The first-order valence-electron chi connectivity index (χ1n) is 6.32. The Kier molecular flexibility index (Phi) is 4.58. The summed E-state index contributed by atoms with van der Waals surface area (Å²) in [7, 11) is 1.77. The monoisotopic (exact) mass is 311 g/mol. The van der Waals surface area contributed by atoms with Crippen LogP contribution >= 0.6 is 15.9 Å². The van der Waals surface area contributed by atoms with E-state index in [4.69, 9.17) is 0 Å². The van der Waals surface area contributed by atoms with Crippen LogP contribution in [0.2, 0.25) is 0 Å². The lowest BCUT2D eigenvalue weighted by molar-refractivity contribution is 0.0949. The van der Waals surface area contributed by atoms with Crippen molar-refractivity contribution < 1.29 is 4.79 Å². The highest BCUT2D eigenvalue weighted by Gasteiger charge is 2.18. The number of carbonyl (C=O) groups is 1. The number of aromatic nitrogens is 1. The first-order valence-corrected chi connectivity index (χ1v) is 7.11. The minimum atomic E-state index is -0.0625. The van der Waals surface area contributed by atoms with Gasteiger partial charge < -0.3 is 10.6 Å². The van der Waals surface area contributed by atoms with Crippen LogP contribution in [0.5, 0.6) is 0 Å². The molecule has 0 radical (unpaired) electrons. The molecule has 0 saturated heterocycles. The highest BCUT2D eigenvalue weighted by molar-refractivity contribution is 9.10. The lowest BCUT2D eigenvalue weighted by Gasteiger charge is -2.25. The number of pyridine rings is 1. The minimum Gasteiger partial charge on any atom is -0.372 e. The summed E-state index contributed by atoms with van der Waals surface area (Å²) in [5.41, 5.74) is 0.584. The molecule has 1 aliphatic rings. The van der Waals surface area contributed by atoms with Gasteiger partial charge in [0.1, 0.15) is 5.82 Å². The Balaban J connectivity index is 1.92. The third-order valence-electron chi connectivity index (χ3n) is 3.40. The molecule has 0 unspecified atom stereocenters. The quantitative estimate of drug-likeness (QED) is 0.879. The molecule has 2 N–H and O–H groups in total. The number of hydrogen-bond acceptors (Lipinski definition) is 3. The van der Waals surface area contributed by atoms with E-state index in [0.717, 1.165) is 23.4 Å². The van der Waals surface area contributed by atoms with Crippen molar-refractivity contribution in [2.24, 2.45) is 5.92 Å². The molecule has 5 heteroatoms. The SMILES string of the molecule is CNc1ncc(Br)cc1C(=O)NCCC1CCC1. The van der Waals surface area contributed by atoms with Gasteiger partial charge in [-0.1, -0.05) is 19.3 Å². The van der Waals surface area contributed by atoms with Gasteiger partial charge in [-0.15, -0.1) is 0 Å². The summed E-state index contributed by atoms with van der Waals surface area (Å²) in [6.07, 6.45) is 6.74. The minimum absolute atomic E-state index is 0.0625. The fraction of sp³-hybridized carbons (Fsp3) is 0.538. The first-order chi connectivity index (χ1) is 8.70. The molecule has 0 aliphatic heterocycles. The average molecular weight is 312 g/mol. The maximum atomic E-state index is 12.1. The van der Waals surface area contributed by atoms with Gasteiger partial charge in [-0.3, -0.25) is 4.79 Å². The van der Waals surface area contributed by atoms with Crippen molar-refractivity contribution >= 4 is 27.7 Å². The summed E-state index contributed by atoms with van der Waals surface area (Å²) >= 11 is 3.34. The van der Waals surface area contributed by atoms with Crippen LogP contribution in [0, 0.1) is 5.92 Å². The second kappa shape index (κ2) is 6.18. The predicted octanol–water partition coefficient (Wildman–Crippen LogP) is 2.81. The Morgan fingerprint density at radius 1 is 1.56 bits per heavy atom. The van der Waals surface area contributed by atoms with E-state index in [2.05, 4.69) is 31.5 Å². The van der Waals surface area contributed by atoms with E-state index < -0.39 is 0 Å². The van der Waals surface area contributed by atoms with Crippen molar-refractivity contribution in [3.05, 3.63) is 22.3 Å². The zero-order valence-electron chi connectivity index (χ0n) is 10.5. The van der Waals surface area contributed by atoms with E-state index in [0.29, 0.717) is 11.4 Å². The Bertz CT molecular complexity index is 432. The molecule has 1 fully saturated rings. The maximum absolute atomic E-state index is 12.1. The van der Waals surface area contributed by atoms with Crippen molar-refractivity contribution in [2.75, 3.05) is 18.9 Å². The van der Waals surface area contributed by atoms with Crippen molar-refractivity contribution in [3.8, 4) is 0 Å². The summed E-state index contributed by atoms with van der Waals surface area (Å²) < 4.78 is 0.811. The van der Waals surface area contributed by atoms with E-state index in [1.165, 1.54) is 19.3 Å². The summed E-state index contributed by atoms with van der Waals surface area (Å²) in [5, 5.41) is 5.89. The second-order valence-corrected chi connectivity index (χ2v) is 5.56. The van der Waals surface area contributed by atoms with Crippen LogP contribution in [-0.2, 0) is 0 Å². The smallest absolute Gasteiger partial charge is 0.255 e. The number of anilines is 1. The number of carbonyl (C=O) groups excluding carboxylic acids is 1. The standard InChI is InChI=1S/C13H18BrN3O/c1-15-12-11(7-10(14)8-17-12)13(18)16-6-5-9-3-2-4-9/h7-9H,2-6H2,1H3,(H,15,17)(H,16,18). The second-order valence-electron chi connectivity index (χ2n) is 4.64. The Hall–Kier alpha value is -1.10. The number of nitrogens with one attached hydrogen (secondary N) is 2. The summed E-state index contributed by atoms with van der Waals surface area (Å²) in [4.78, 5) is 16.2. The van der Waals surface area contributed by atoms with Crippen molar-refractivity contribution in [1.29, 1.82) is 0 Å². The summed E-state index contributed by atoms with van der Waals surface area (Å²) in [5.74, 6) is 1.36. The largest absolute Gasteiger partial charge is 0.372 e. The number of amides is 1.